The summed E-state index contributed by atoms with van der Waals surface area (Å²) in [6.07, 6.45) is 1.01. The van der Waals surface area contributed by atoms with Crippen molar-refractivity contribution in [2.45, 2.75) is 17.7 Å². The van der Waals surface area contributed by atoms with Crippen LogP contribution in [0.5, 0.6) is 0 Å². The Hall–Kier alpha value is -1.48. The normalized spacial score (nSPS) is 15.9. The summed E-state index contributed by atoms with van der Waals surface area (Å²) in [6.45, 7) is 3.07. The number of carbonyl (C=O) groups is 1. The summed E-state index contributed by atoms with van der Waals surface area (Å²) in [6, 6.07) is 6.81. The molecule has 140 valence electrons. The Labute approximate surface area is 150 Å². The summed E-state index contributed by atoms with van der Waals surface area (Å²) in [5.74, 6) is 0.0836. The van der Waals surface area contributed by atoms with Gasteiger partial charge in [-0.1, -0.05) is 12.1 Å². The number of aryl methyl sites for hydroxylation is 1. The van der Waals surface area contributed by atoms with E-state index in [9.17, 15) is 13.2 Å². The van der Waals surface area contributed by atoms with Gasteiger partial charge in [0.15, 0.2) is 0 Å². The third-order valence-corrected chi connectivity index (χ3v) is 6.19. The number of sulfonamides is 1. The average molecular weight is 369 g/mol. The number of rotatable bonds is 8. The first kappa shape index (κ1) is 19.8. The molecule has 1 N–H and O–H groups in total. The van der Waals surface area contributed by atoms with Crippen molar-refractivity contribution in [1.29, 1.82) is 0 Å². The summed E-state index contributed by atoms with van der Waals surface area (Å²) in [5.41, 5.74) is 0.955. The van der Waals surface area contributed by atoms with E-state index in [1.807, 2.05) is 7.05 Å². The van der Waals surface area contributed by atoms with Crippen molar-refractivity contribution < 1.29 is 17.9 Å². The largest absolute Gasteiger partial charge is 0.379 e. The summed E-state index contributed by atoms with van der Waals surface area (Å²) < 4.78 is 31.8. The van der Waals surface area contributed by atoms with Gasteiger partial charge in [0.1, 0.15) is 0 Å². The number of likely N-dealkylation sites (N-methyl/N-ethyl adjacent to an activating group) is 2. The molecule has 1 aromatic carbocycles. The highest BCUT2D eigenvalue weighted by Gasteiger charge is 2.26. The van der Waals surface area contributed by atoms with Gasteiger partial charge in [-0.25, -0.2) is 8.42 Å². The van der Waals surface area contributed by atoms with E-state index in [1.54, 1.807) is 36.2 Å². The summed E-state index contributed by atoms with van der Waals surface area (Å²) in [4.78, 5) is 14.0. The Kier molecular flexibility index (Phi) is 7.37. The molecule has 0 saturated carbocycles. The van der Waals surface area contributed by atoms with E-state index in [2.05, 4.69) is 5.32 Å². The molecule has 0 unspecified atom stereocenters. The summed E-state index contributed by atoms with van der Waals surface area (Å²) in [7, 11) is 0.179. The van der Waals surface area contributed by atoms with Gasteiger partial charge in [0.25, 0.3) is 0 Å². The van der Waals surface area contributed by atoms with Gasteiger partial charge < -0.3 is 15.0 Å². The molecule has 0 radical (unpaired) electrons. The fourth-order valence-corrected chi connectivity index (χ4v) is 4.02. The zero-order chi connectivity index (χ0) is 18.3. The molecular formula is C17H27N3O4S. The van der Waals surface area contributed by atoms with Crippen molar-refractivity contribution >= 4 is 15.9 Å². The minimum absolute atomic E-state index is 0.0836. The summed E-state index contributed by atoms with van der Waals surface area (Å²) >= 11 is 0. The maximum atomic E-state index is 12.6. The van der Waals surface area contributed by atoms with Gasteiger partial charge in [-0.2, -0.15) is 4.31 Å². The minimum atomic E-state index is -3.46. The lowest BCUT2D eigenvalue weighted by molar-refractivity contribution is -0.129. The molecule has 1 aliphatic rings. The molecule has 0 aromatic heterocycles. The molecule has 1 heterocycles. The van der Waals surface area contributed by atoms with Crippen LogP contribution in [0.15, 0.2) is 29.2 Å². The number of ether oxygens (including phenoxy) is 1. The van der Waals surface area contributed by atoms with Crippen LogP contribution in [-0.4, -0.2) is 77.0 Å². The van der Waals surface area contributed by atoms with Crippen molar-refractivity contribution in [3.8, 4) is 0 Å². The zero-order valence-electron chi connectivity index (χ0n) is 14.9. The molecule has 0 spiro atoms. The van der Waals surface area contributed by atoms with Gasteiger partial charge in [0.2, 0.25) is 15.9 Å². The number of hydrogen-bond acceptors (Lipinski definition) is 5. The van der Waals surface area contributed by atoms with E-state index < -0.39 is 10.0 Å². The van der Waals surface area contributed by atoms with Crippen molar-refractivity contribution in [3.63, 3.8) is 0 Å². The molecule has 0 aliphatic carbocycles. The first-order valence-corrected chi connectivity index (χ1v) is 9.94. The van der Waals surface area contributed by atoms with Gasteiger partial charge in [-0.3, -0.25) is 4.79 Å². The molecule has 7 nitrogen and oxygen atoms in total. The van der Waals surface area contributed by atoms with E-state index >= 15 is 0 Å². The fourth-order valence-electron chi connectivity index (χ4n) is 2.61. The molecule has 1 aromatic rings. The molecule has 1 fully saturated rings. The van der Waals surface area contributed by atoms with Crippen molar-refractivity contribution in [2.24, 2.45) is 0 Å². The highest BCUT2D eigenvalue weighted by atomic mass is 32.2. The third kappa shape index (κ3) is 5.50. The van der Waals surface area contributed by atoms with Crippen LogP contribution in [0, 0.1) is 0 Å². The minimum Gasteiger partial charge on any atom is -0.379 e. The van der Waals surface area contributed by atoms with Gasteiger partial charge in [0.05, 0.1) is 18.1 Å². The van der Waals surface area contributed by atoms with Crippen molar-refractivity contribution in [1.82, 2.24) is 14.5 Å². The number of nitrogens with one attached hydrogen (secondary N) is 1. The second kappa shape index (κ2) is 9.28. The Morgan fingerprint density at radius 2 is 1.88 bits per heavy atom. The van der Waals surface area contributed by atoms with Crippen LogP contribution in [-0.2, 0) is 26.0 Å². The lowest BCUT2D eigenvalue weighted by atomic mass is 10.1. The van der Waals surface area contributed by atoms with Gasteiger partial charge in [0, 0.05) is 39.6 Å². The topological polar surface area (TPSA) is 79.0 Å². The Morgan fingerprint density at radius 1 is 1.24 bits per heavy atom. The van der Waals surface area contributed by atoms with Crippen molar-refractivity contribution in [3.05, 3.63) is 29.8 Å². The molecule has 1 saturated heterocycles. The Morgan fingerprint density at radius 3 is 2.48 bits per heavy atom. The molecule has 0 atom stereocenters. The van der Waals surface area contributed by atoms with Crippen LogP contribution in [0.25, 0.3) is 0 Å². The van der Waals surface area contributed by atoms with Crippen LogP contribution in [0.3, 0.4) is 0 Å². The molecule has 1 aliphatic heterocycles. The lowest BCUT2D eigenvalue weighted by Gasteiger charge is -2.26. The second-order valence-electron chi connectivity index (χ2n) is 6.08. The fraction of sp³-hybridized carbons (Fsp3) is 0.588. The first-order valence-electron chi connectivity index (χ1n) is 8.50. The van der Waals surface area contributed by atoms with Crippen LogP contribution in [0.2, 0.25) is 0 Å². The number of hydrogen-bond donors (Lipinski definition) is 1. The van der Waals surface area contributed by atoms with Crippen LogP contribution in [0.4, 0.5) is 0 Å². The van der Waals surface area contributed by atoms with Crippen LogP contribution in [0.1, 0.15) is 12.0 Å². The van der Waals surface area contributed by atoms with Crippen molar-refractivity contribution in [2.75, 3.05) is 53.5 Å². The molecule has 2 rings (SSSR count). The lowest BCUT2D eigenvalue weighted by Crippen LogP contribution is -2.40. The average Bonchev–Trinajstić information content (AvgIpc) is 2.65. The SMILES string of the molecule is CNCCN(C)C(=O)CCc1ccc(S(=O)(=O)N2CCOCC2)cc1. The van der Waals surface area contributed by atoms with Gasteiger partial charge in [-0.05, 0) is 31.2 Å². The highest BCUT2D eigenvalue weighted by molar-refractivity contribution is 7.89. The van der Waals surface area contributed by atoms with E-state index in [0.29, 0.717) is 45.7 Å². The van der Waals surface area contributed by atoms with Gasteiger partial charge in [-0.15, -0.1) is 0 Å². The van der Waals surface area contributed by atoms with E-state index in [-0.39, 0.29) is 10.8 Å². The number of morpholine rings is 1. The number of benzene rings is 1. The molecular weight excluding hydrogens is 342 g/mol. The third-order valence-electron chi connectivity index (χ3n) is 4.28. The predicted octanol–water partition coefficient (Wildman–Crippen LogP) is 0.318. The molecule has 1 amide bonds. The monoisotopic (exact) mass is 369 g/mol. The molecule has 25 heavy (non-hydrogen) atoms. The predicted molar refractivity (Wildman–Crippen MR) is 95.9 cm³/mol. The number of nitrogens with zero attached hydrogens (tertiary/aromatic N) is 2. The van der Waals surface area contributed by atoms with E-state index in [4.69, 9.17) is 4.74 Å². The molecule has 8 heteroatoms. The maximum absolute atomic E-state index is 12.6. The quantitative estimate of drug-likeness (QED) is 0.714. The maximum Gasteiger partial charge on any atom is 0.243 e. The van der Waals surface area contributed by atoms with Crippen LogP contribution >= 0.6 is 0 Å². The first-order chi connectivity index (χ1) is 11.9. The highest BCUT2D eigenvalue weighted by Crippen LogP contribution is 2.18. The second-order valence-corrected chi connectivity index (χ2v) is 8.02. The molecule has 0 bridgehead atoms. The van der Waals surface area contributed by atoms with Gasteiger partial charge >= 0.3 is 0 Å². The smallest absolute Gasteiger partial charge is 0.243 e. The zero-order valence-corrected chi connectivity index (χ0v) is 15.7. The standard InChI is InChI=1S/C17H27N3O4S/c1-18-9-10-19(2)17(21)8-5-15-3-6-16(7-4-15)25(22,23)20-11-13-24-14-12-20/h3-4,6-7,18H,5,8-14H2,1-2H3. The van der Waals surface area contributed by atoms with E-state index in [1.165, 1.54) is 4.31 Å². The summed E-state index contributed by atoms with van der Waals surface area (Å²) in [5, 5.41) is 3.01. The number of carbonyl (C=O) groups excluding carboxylic acids is 1. The Balaban J connectivity index is 1.92. The Bertz CT molecular complexity index is 655. The van der Waals surface area contributed by atoms with Crippen LogP contribution < -0.4 is 5.32 Å². The number of amides is 1. The van der Waals surface area contributed by atoms with E-state index in [0.717, 1.165) is 12.1 Å².